The van der Waals surface area contributed by atoms with Crippen LogP contribution in [0.4, 0.5) is 0 Å². The number of benzene rings is 1. The van der Waals surface area contributed by atoms with E-state index in [4.69, 9.17) is 4.74 Å². The van der Waals surface area contributed by atoms with E-state index in [9.17, 15) is 13.2 Å². The predicted octanol–water partition coefficient (Wildman–Crippen LogP) is 2.96. The van der Waals surface area contributed by atoms with Crippen LogP contribution in [0.5, 0.6) is 5.75 Å². The number of carbonyl (C=O) groups excluding carboxylic acids is 1. The summed E-state index contributed by atoms with van der Waals surface area (Å²) in [7, 11) is -3.51. The Morgan fingerprint density at radius 3 is 2.86 bits per heavy atom. The van der Waals surface area contributed by atoms with E-state index in [-0.39, 0.29) is 18.4 Å². The average Bonchev–Trinajstić information content (AvgIpc) is 3.22. The average molecular weight is 423 g/mol. The third-order valence-corrected chi connectivity index (χ3v) is 8.07. The Hall–Kier alpha value is -1.90. The zero-order chi connectivity index (χ0) is 20.1. The van der Waals surface area contributed by atoms with Crippen molar-refractivity contribution in [2.75, 3.05) is 26.2 Å². The van der Waals surface area contributed by atoms with E-state index in [1.165, 1.54) is 21.2 Å². The van der Waals surface area contributed by atoms with Crippen molar-refractivity contribution in [3.8, 4) is 5.75 Å². The van der Waals surface area contributed by atoms with Crippen LogP contribution in [0, 0.1) is 19.8 Å². The van der Waals surface area contributed by atoms with Crippen molar-refractivity contribution in [2.24, 2.45) is 5.92 Å². The van der Waals surface area contributed by atoms with E-state index in [1.54, 1.807) is 17.5 Å². The number of sulfonamides is 1. The number of nitrogens with one attached hydrogen (secondary N) is 1. The second-order valence-corrected chi connectivity index (χ2v) is 10.2. The molecular formula is C20H26N2O4S2. The van der Waals surface area contributed by atoms with Gasteiger partial charge in [-0.3, -0.25) is 4.79 Å². The number of amides is 1. The predicted molar refractivity (Wildman–Crippen MR) is 110 cm³/mol. The number of nitrogens with zero attached hydrogens (tertiary/aromatic N) is 1. The molecule has 0 spiro atoms. The van der Waals surface area contributed by atoms with Gasteiger partial charge in [0.2, 0.25) is 5.91 Å². The van der Waals surface area contributed by atoms with Gasteiger partial charge in [0.15, 0.2) is 0 Å². The fourth-order valence-electron chi connectivity index (χ4n) is 3.35. The normalized spacial score (nSPS) is 18.0. The quantitative estimate of drug-likeness (QED) is 0.696. The molecule has 1 aliphatic rings. The number of piperidine rings is 1. The van der Waals surface area contributed by atoms with Crippen molar-refractivity contribution in [2.45, 2.75) is 30.9 Å². The number of hydrogen-bond donors (Lipinski definition) is 1. The smallest absolute Gasteiger partial charge is 0.252 e. The van der Waals surface area contributed by atoms with E-state index in [2.05, 4.69) is 11.4 Å². The second-order valence-electron chi connectivity index (χ2n) is 7.04. The molecule has 1 atom stereocenters. The molecule has 3 rings (SSSR count). The summed E-state index contributed by atoms with van der Waals surface area (Å²) in [5.74, 6) is 0.366. The molecule has 1 amide bonds. The molecule has 1 aliphatic heterocycles. The first kappa shape index (κ1) is 20.8. The molecule has 0 radical (unpaired) electrons. The van der Waals surface area contributed by atoms with E-state index in [0.717, 1.165) is 11.3 Å². The molecule has 8 heteroatoms. The summed E-state index contributed by atoms with van der Waals surface area (Å²) in [6, 6.07) is 9.31. The maximum absolute atomic E-state index is 12.7. The first-order valence-electron chi connectivity index (χ1n) is 9.39. The number of thiophene rings is 1. The van der Waals surface area contributed by atoms with Gasteiger partial charge in [0.05, 0.1) is 12.5 Å². The van der Waals surface area contributed by atoms with E-state index < -0.39 is 10.0 Å². The Morgan fingerprint density at radius 1 is 1.32 bits per heavy atom. The van der Waals surface area contributed by atoms with Crippen LogP contribution in [0.1, 0.15) is 24.0 Å². The van der Waals surface area contributed by atoms with Crippen LogP contribution < -0.4 is 10.1 Å². The summed E-state index contributed by atoms with van der Waals surface area (Å²) in [5.41, 5.74) is 2.24. The van der Waals surface area contributed by atoms with Crippen molar-refractivity contribution in [3.63, 3.8) is 0 Å². The third-order valence-electron chi connectivity index (χ3n) is 4.83. The Balaban J connectivity index is 1.49. The topological polar surface area (TPSA) is 75.7 Å². The van der Waals surface area contributed by atoms with Crippen LogP contribution in [-0.4, -0.2) is 44.9 Å². The van der Waals surface area contributed by atoms with Crippen LogP contribution in [0.25, 0.3) is 0 Å². The lowest BCUT2D eigenvalue weighted by molar-refractivity contribution is -0.126. The lowest BCUT2D eigenvalue weighted by Gasteiger charge is -2.30. The number of hydrogen-bond acceptors (Lipinski definition) is 5. The minimum absolute atomic E-state index is 0.115. The molecule has 1 N–H and O–H groups in total. The lowest BCUT2D eigenvalue weighted by Crippen LogP contribution is -2.45. The number of aryl methyl sites for hydroxylation is 2. The Kier molecular flexibility index (Phi) is 6.74. The zero-order valence-corrected chi connectivity index (χ0v) is 17.8. The Labute approximate surface area is 170 Å². The molecule has 152 valence electrons. The maximum atomic E-state index is 12.7. The summed E-state index contributed by atoms with van der Waals surface area (Å²) in [4.78, 5) is 12.5. The molecule has 1 unspecified atom stereocenters. The SMILES string of the molecule is Cc1ccc(OCCNC(=O)C2CCCN(S(=O)(=O)c3cccs3)C2)c(C)c1. The first-order valence-corrected chi connectivity index (χ1v) is 11.7. The van der Waals surface area contributed by atoms with Gasteiger partial charge in [-0.15, -0.1) is 11.3 Å². The van der Waals surface area contributed by atoms with Gasteiger partial charge in [0.25, 0.3) is 10.0 Å². The van der Waals surface area contributed by atoms with Crippen LogP contribution in [0.15, 0.2) is 39.9 Å². The highest BCUT2D eigenvalue weighted by atomic mass is 32.2. The second kappa shape index (κ2) is 9.07. The molecule has 28 heavy (non-hydrogen) atoms. The van der Waals surface area contributed by atoms with Crippen molar-refractivity contribution in [1.82, 2.24) is 9.62 Å². The maximum Gasteiger partial charge on any atom is 0.252 e. The lowest BCUT2D eigenvalue weighted by atomic mass is 9.99. The number of carbonyl (C=O) groups is 1. The largest absolute Gasteiger partial charge is 0.491 e. The molecule has 0 saturated carbocycles. The van der Waals surface area contributed by atoms with Crippen LogP contribution >= 0.6 is 11.3 Å². The van der Waals surface area contributed by atoms with Crippen molar-refractivity contribution < 1.29 is 17.9 Å². The van der Waals surface area contributed by atoms with E-state index in [1.807, 2.05) is 26.0 Å². The third kappa shape index (κ3) is 4.92. The molecule has 0 bridgehead atoms. The van der Waals surface area contributed by atoms with Gasteiger partial charge in [-0.05, 0) is 49.8 Å². The minimum atomic E-state index is -3.51. The fourth-order valence-corrected chi connectivity index (χ4v) is 6.02. The number of ether oxygens (including phenoxy) is 1. The summed E-state index contributed by atoms with van der Waals surface area (Å²) in [5, 5.41) is 4.62. The van der Waals surface area contributed by atoms with Crippen LogP contribution in [0.3, 0.4) is 0 Å². The monoisotopic (exact) mass is 422 g/mol. The van der Waals surface area contributed by atoms with Crippen molar-refractivity contribution >= 4 is 27.3 Å². The van der Waals surface area contributed by atoms with Crippen molar-refractivity contribution in [1.29, 1.82) is 0 Å². The molecule has 0 aliphatic carbocycles. The number of rotatable bonds is 7. The standard InChI is InChI=1S/C20H26N2O4S2/c1-15-7-8-18(16(2)13-15)26-11-9-21-20(23)17-5-3-10-22(14-17)28(24,25)19-6-4-12-27-19/h4,6-8,12-13,17H,3,5,9-11,14H2,1-2H3,(H,21,23). The Morgan fingerprint density at radius 2 is 2.14 bits per heavy atom. The zero-order valence-electron chi connectivity index (χ0n) is 16.2. The highest BCUT2D eigenvalue weighted by Gasteiger charge is 2.33. The molecule has 1 saturated heterocycles. The summed E-state index contributed by atoms with van der Waals surface area (Å²) in [6.45, 7) is 5.47. The summed E-state index contributed by atoms with van der Waals surface area (Å²) in [6.07, 6.45) is 1.38. The minimum Gasteiger partial charge on any atom is -0.491 e. The molecular weight excluding hydrogens is 396 g/mol. The summed E-state index contributed by atoms with van der Waals surface area (Å²) < 4.78 is 32.8. The molecule has 2 aromatic rings. The molecule has 2 heterocycles. The molecule has 1 aromatic carbocycles. The van der Waals surface area contributed by atoms with Gasteiger partial charge in [0.1, 0.15) is 16.6 Å². The van der Waals surface area contributed by atoms with Crippen LogP contribution in [0.2, 0.25) is 0 Å². The summed E-state index contributed by atoms with van der Waals surface area (Å²) >= 11 is 1.20. The van der Waals surface area contributed by atoms with Gasteiger partial charge in [-0.25, -0.2) is 8.42 Å². The molecule has 1 fully saturated rings. The highest BCUT2D eigenvalue weighted by molar-refractivity contribution is 7.91. The molecule has 6 nitrogen and oxygen atoms in total. The van der Waals surface area contributed by atoms with Gasteiger partial charge >= 0.3 is 0 Å². The van der Waals surface area contributed by atoms with Gasteiger partial charge in [-0.1, -0.05) is 23.8 Å². The van der Waals surface area contributed by atoms with Gasteiger partial charge < -0.3 is 10.1 Å². The van der Waals surface area contributed by atoms with E-state index in [0.29, 0.717) is 36.7 Å². The van der Waals surface area contributed by atoms with Gasteiger partial charge in [0, 0.05) is 13.1 Å². The highest BCUT2D eigenvalue weighted by Crippen LogP contribution is 2.26. The van der Waals surface area contributed by atoms with E-state index >= 15 is 0 Å². The van der Waals surface area contributed by atoms with Crippen molar-refractivity contribution in [3.05, 3.63) is 46.8 Å². The first-order chi connectivity index (χ1) is 13.4. The fraction of sp³-hybridized carbons (Fsp3) is 0.450. The van der Waals surface area contributed by atoms with Gasteiger partial charge in [-0.2, -0.15) is 4.31 Å². The van der Waals surface area contributed by atoms with Crippen LogP contribution in [-0.2, 0) is 14.8 Å². The molecule has 1 aromatic heterocycles. The Bertz CT molecular complexity index is 910.